The molecule has 3 aliphatic rings. The highest BCUT2D eigenvalue weighted by Gasteiger charge is 2.67. The molecule has 1 aromatic carbocycles. The third-order valence-corrected chi connectivity index (χ3v) is 4.93. The Hall–Kier alpha value is -1.85. The van der Waals surface area contributed by atoms with Gasteiger partial charge in [-0.1, -0.05) is 29.8 Å². The molecule has 0 saturated carbocycles. The van der Waals surface area contributed by atoms with Gasteiger partial charge in [0.2, 0.25) is 5.91 Å². The lowest BCUT2D eigenvalue weighted by Crippen LogP contribution is -2.39. The molecule has 1 unspecified atom stereocenters. The van der Waals surface area contributed by atoms with Crippen LogP contribution in [0.5, 0.6) is 0 Å². The molecule has 2 saturated heterocycles. The zero-order valence-corrected chi connectivity index (χ0v) is 12.6. The van der Waals surface area contributed by atoms with Gasteiger partial charge in [0.1, 0.15) is 11.5 Å². The number of rotatable bonds is 2. The summed E-state index contributed by atoms with van der Waals surface area (Å²) >= 11 is 6.01. The average molecular weight is 320 g/mol. The van der Waals surface area contributed by atoms with Crippen molar-refractivity contribution in [3.05, 3.63) is 41.4 Å². The van der Waals surface area contributed by atoms with Crippen molar-refractivity contribution in [1.82, 2.24) is 0 Å². The van der Waals surface area contributed by atoms with Crippen molar-refractivity contribution < 1.29 is 19.1 Å². The van der Waals surface area contributed by atoms with Crippen LogP contribution < -0.4 is 4.90 Å². The third kappa shape index (κ3) is 1.69. The van der Waals surface area contributed by atoms with Gasteiger partial charge in [0, 0.05) is 10.7 Å². The number of nitrogens with zero attached hydrogens (tertiary/aromatic N) is 1. The van der Waals surface area contributed by atoms with E-state index in [1.165, 1.54) is 7.11 Å². The molecule has 6 heteroatoms. The van der Waals surface area contributed by atoms with Crippen molar-refractivity contribution in [2.75, 3.05) is 18.6 Å². The highest BCUT2D eigenvalue weighted by molar-refractivity contribution is 6.31. The number of benzene rings is 1. The van der Waals surface area contributed by atoms with E-state index in [0.29, 0.717) is 17.3 Å². The van der Waals surface area contributed by atoms with Crippen LogP contribution in [0.4, 0.5) is 5.69 Å². The largest absolute Gasteiger partial charge is 0.469 e. The number of amides is 1. The number of hydrogen-bond donors (Lipinski definition) is 0. The van der Waals surface area contributed by atoms with Crippen LogP contribution in [0.1, 0.15) is 0 Å². The van der Waals surface area contributed by atoms with Gasteiger partial charge in [-0.05, 0) is 18.2 Å². The summed E-state index contributed by atoms with van der Waals surface area (Å²) in [6.07, 6.45) is 3.39. The van der Waals surface area contributed by atoms with Crippen LogP contribution in [0.25, 0.3) is 0 Å². The van der Waals surface area contributed by atoms with Crippen molar-refractivity contribution in [2.45, 2.75) is 11.7 Å². The van der Waals surface area contributed by atoms with Crippen molar-refractivity contribution in [3.8, 4) is 0 Å². The second-order valence-corrected chi connectivity index (χ2v) is 6.26. The summed E-state index contributed by atoms with van der Waals surface area (Å²) in [5.41, 5.74) is -0.0199. The molecular formula is C16H14ClNO4. The first kappa shape index (κ1) is 13.8. The number of halogens is 1. The molecule has 4 atom stereocenters. The Bertz CT molecular complexity index is 703. The first-order valence-corrected chi connectivity index (χ1v) is 7.45. The van der Waals surface area contributed by atoms with Gasteiger partial charge in [-0.2, -0.15) is 0 Å². The minimum absolute atomic E-state index is 0.121. The summed E-state index contributed by atoms with van der Waals surface area (Å²) in [5, 5.41) is 0.560. The van der Waals surface area contributed by atoms with Gasteiger partial charge in [-0.15, -0.1) is 0 Å². The SMILES string of the molecule is COC(=O)C1[C@H]2C(=O)N(c3cccc(Cl)c3)C[C@]23C=C[C@H]1O3. The molecule has 2 fully saturated rings. The predicted octanol–water partition coefficient (Wildman–Crippen LogP) is 1.80. The smallest absolute Gasteiger partial charge is 0.312 e. The minimum Gasteiger partial charge on any atom is -0.469 e. The van der Waals surface area contributed by atoms with E-state index in [0.717, 1.165) is 0 Å². The van der Waals surface area contributed by atoms with Crippen LogP contribution in [-0.2, 0) is 19.1 Å². The molecular weight excluding hydrogens is 306 g/mol. The van der Waals surface area contributed by atoms with Crippen LogP contribution in [0.15, 0.2) is 36.4 Å². The first-order chi connectivity index (χ1) is 10.6. The zero-order chi connectivity index (χ0) is 15.5. The number of fused-ring (bicyclic) bond motifs is 1. The first-order valence-electron chi connectivity index (χ1n) is 7.08. The van der Waals surface area contributed by atoms with Crippen LogP contribution in [0.2, 0.25) is 5.02 Å². The standard InChI is InChI=1S/C16H14ClNO4/c1-21-15(20)12-11-5-6-16(22-11)8-18(14(19)13(12)16)10-4-2-3-9(17)7-10/h2-7,11-13H,8H2,1H3/t11-,12?,13+,16-/m1/s1. The minimum atomic E-state index is -0.733. The Balaban J connectivity index is 1.73. The Morgan fingerprint density at radius 3 is 3.05 bits per heavy atom. The number of carbonyl (C=O) groups is 2. The van der Waals surface area contributed by atoms with Gasteiger partial charge < -0.3 is 14.4 Å². The maximum atomic E-state index is 12.9. The van der Waals surface area contributed by atoms with E-state index in [1.807, 2.05) is 18.2 Å². The van der Waals surface area contributed by atoms with Gasteiger partial charge in [0.15, 0.2) is 0 Å². The summed E-state index contributed by atoms with van der Waals surface area (Å²) in [6.45, 7) is 0.386. The maximum absolute atomic E-state index is 12.9. The molecule has 3 aliphatic heterocycles. The Morgan fingerprint density at radius 1 is 1.50 bits per heavy atom. The van der Waals surface area contributed by atoms with E-state index < -0.39 is 23.4 Å². The summed E-state index contributed by atoms with van der Waals surface area (Å²) in [5.74, 6) is -1.63. The van der Waals surface area contributed by atoms with Crippen molar-refractivity contribution >= 4 is 29.2 Å². The van der Waals surface area contributed by atoms with Gasteiger partial charge in [0.05, 0.1) is 25.7 Å². The number of anilines is 1. The van der Waals surface area contributed by atoms with Crippen molar-refractivity contribution in [2.24, 2.45) is 11.8 Å². The van der Waals surface area contributed by atoms with E-state index >= 15 is 0 Å². The second kappa shape index (κ2) is 4.57. The number of ether oxygens (including phenoxy) is 2. The van der Waals surface area contributed by atoms with E-state index in [-0.39, 0.29) is 12.0 Å². The lowest BCUT2D eigenvalue weighted by molar-refractivity contribution is -0.149. The fourth-order valence-electron chi connectivity index (χ4n) is 3.77. The highest BCUT2D eigenvalue weighted by Crippen LogP contribution is 2.52. The Kier molecular flexibility index (Phi) is 2.86. The molecule has 0 aromatic heterocycles. The van der Waals surface area contributed by atoms with Crippen molar-refractivity contribution in [3.63, 3.8) is 0 Å². The maximum Gasteiger partial charge on any atom is 0.312 e. The molecule has 0 aliphatic carbocycles. The molecule has 1 amide bonds. The monoisotopic (exact) mass is 319 g/mol. The lowest BCUT2D eigenvalue weighted by Gasteiger charge is -2.22. The molecule has 4 rings (SSSR count). The van der Waals surface area contributed by atoms with Crippen LogP contribution in [0.3, 0.4) is 0 Å². The quantitative estimate of drug-likeness (QED) is 0.616. The van der Waals surface area contributed by atoms with Crippen molar-refractivity contribution in [1.29, 1.82) is 0 Å². The molecule has 2 bridgehead atoms. The zero-order valence-electron chi connectivity index (χ0n) is 11.9. The van der Waals surface area contributed by atoms with E-state index in [9.17, 15) is 9.59 Å². The van der Waals surface area contributed by atoms with E-state index in [4.69, 9.17) is 21.1 Å². The molecule has 114 valence electrons. The van der Waals surface area contributed by atoms with Gasteiger partial charge in [0.25, 0.3) is 0 Å². The second-order valence-electron chi connectivity index (χ2n) is 5.83. The van der Waals surface area contributed by atoms with Crippen LogP contribution in [0, 0.1) is 11.8 Å². The number of carbonyl (C=O) groups excluding carboxylic acids is 2. The summed E-state index contributed by atoms with van der Waals surface area (Å²) in [6, 6.07) is 7.11. The van der Waals surface area contributed by atoms with Gasteiger partial charge in [-0.25, -0.2) is 0 Å². The van der Waals surface area contributed by atoms with Crippen LogP contribution in [-0.4, -0.2) is 37.2 Å². The van der Waals surface area contributed by atoms with E-state index in [1.54, 1.807) is 23.1 Å². The van der Waals surface area contributed by atoms with Gasteiger partial charge in [-0.3, -0.25) is 9.59 Å². The van der Waals surface area contributed by atoms with Crippen LogP contribution >= 0.6 is 11.6 Å². The normalized spacial score (nSPS) is 35.1. The molecule has 3 heterocycles. The predicted molar refractivity (Wildman–Crippen MR) is 79.5 cm³/mol. The molecule has 1 spiro atoms. The number of hydrogen-bond acceptors (Lipinski definition) is 4. The topological polar surface area (TPSA) is 55.8 Å². The van der Waals surface area contributed by atoms with E-state index in [2.05, 4.69) is 0 Å². The third-order valence-electron chi connectivity index (χ3n) is 4.69. The lowest BCUT2D eigenvalue weighted by atomic mass is 9.77. The average Bonchev–Trinajstić information content (AvgIpc) is 3.15. The van der Waals surface area contributed by atoms with Gasteiger partial charge >= 0.3 is 5.97 Å². The molecule has 1 aromatic rings. The summed E-state index contributed by atoms with van der Waals surface area (Å²) < 4.78 is 10.8. The Morgan fingerprint density at radius 2 is 2.32 bits per heavy atom. The fourth-order valence-corrected chi connectivity index (χ4v) is 3.95. The molecule has 0 radical (unpaired) electrons. The number of esters is 1. The Labute approximate surface area is 132 Å². The summed E-state index contributed by atoms with van der Waals surface area (Å²) in [4.78, 5) is 26.6. The fraction of sp³-hybridized carbons (Fsp3) is 0.375. The molecule has 5 nitrogen and oxygen atoms in total. The molecule has 0 N–H and O–H groups in total. The number of methoxy groups -OCH3 is 1. The highest BCUT2D eigenvalue weighted by atomic mass is 35.5. The summed E-state index contributed by atoms with van der Waals surface area (Å²) in [7, 11) is 1.33. The molecule has 22 heavy (non-hydrogen) atoms.